The van der Waals surface area contributed by atoms with Gasteiger partial charge in [-0.1, -0.05) is 23.2 Å². The molecule has 0 radical (unpaired) electrons. The Morgan fingerprint density at radius 1 is 0.683 bits per heavy atom. The van der Waals surface area contributed by atoms with Gasteiger partial charge in [-0.05, 0) is 36.4 Å². The molecule has 6 rings (SSSR count). The van der Waals surface area contributed by atoms with Crippen LogP contribution in [-0.4, -0.2) is 53.3 Å². The summed E-state index contributed by atoms with van der Waals surface area (Å²) < 4.78 is 104. The molecule has 1 N–H and O–H groups in total. The number of nitrogens with zero attached hydrogens (tertiary/aromatic N) is 9. The number of hydrogen-bond donors (Lipinski definition) is 1. The van der Waals surface area contributed by atoms with Gasteiger partial charge in [0.25, 0.3) is 22.2 Å². The summed E-state index contributed by atoms with van der Waals surface area (Å²) in [6.07, 6.45) is -8.68. The summed E-state index contributed by atoms with van der Waals surface area (Å²) in [4.78, 5) is 55.8. The molecule has 26 heteroatoms. The van der Waals surface area contributed by atoms with Crippen molar-refractivity contribution in [2.45, 2.75) is 25.4 Å². The average Bonchev–Trinajstić information content (AvgIpc) is 3.21. The first-order chi connectivity index (χ1) is 29.6. The van der Waals surface area contributed by atoms with E-state index >= 15 is 0 Å². The van der Waals surface area contributed by atoms with Crippen LogP contribution in [0, 0.1) is 22.7 Å². The van der Waals surface area contributed by atoms with Crippen LogP contribution >= 0.6 is 23.2 Å². The van der Waals surface area contributed by atoms with E-state index in [4.69, 9.17) is 52.7 Å². The Morgan fingerprint density at radius 2 is 1.13 bits per heavy atom. The number of aromatic amines is 1. The summed E-state index contributed by atoms with van der Waals surface area (Å²) in [6, 6.07) is 12.8. The standard InChI is InChI=1S/C19H13ClF3N5O4.C18H11ClF3N5O4/c1-27-14(29)5-11(17(26-27)31-2)8-28-9-25-16(19(21,22)23)15(18(28)30)32-13-4-10(7-24)3-12(20)6-13;1-30-16-10(4-13(28)25-26-16)7-27-8-24-15(18(20,21)22)14(17(27)29)31-12-3-9(6-23)2-11(19)5-12/h3-6,9H,8H2,1-2H3;2-5,8H,7H2,1H3,(H,25,28). The molecule has 0 amide bonds. The maximum Gasteiger partial charge on any atom is 0.437 e. The molecule has 326 valence electrons. The molecule has 6 aromatic rings. The lowest BCUT2D eigenvalue weighted by Crippen LogP contribution is -2.28. The van der Waals surface area contributed by atoms with E-state index in [2.05, 4.69) is 25.3 Å². The van der Waals surface area contributed by atoms with Crippen LogP contribution in [0.15, 0.2) is 80.4 Å². The molecule has 18 nitrogen and oxygen atoms in total. The van der Waals surface area contributed by atoms with Gasteiger partial charge in [-0.25, -0.2) is 19.7 Å². The van der Waals surface area contributed by atoms with Crippen LogP contribution in [0.1, 0.15) is 33.6 Å². The van der Waals surface area contributed by atoms with Gasteiger partial charge in [0.1, 0.15) is 11.5 Å². The lowest BCUT2D eigenvalue weighted by atomic mass is 10.2. The maximum absolute atomic E-state index is 13.5. The van der Waals surface area contributed by atoms with Crippen molar-refractivity contribution in [1.29, 1.82) is 10.5 Å². The van der Waals surface area contributed by atoms with Gasteiger partial charge in [0, 0.05) is 40.4 Å². The third-order valence-electron chi connectivity index (χ3n) is 8.02. The van der Waals surface area contributed by atoms with Gasteiger partial charge >= 0.3 is 12.4 Å². The molecular weight excluding hydrogens is 897 g/mol. The highest BCUT2D eigenvalue weighted by Crippen LogP contribution is 2.37. The van der Waals surface area contributed by atoms with Crippen LogP contribution in [0.25, 0.3) is 0 Å². The summed E-state index contributed by atoms with van der Waals surface area (Å²) >= 11 is 11.7. The molecule has 0 unspecified atom stereocenters. The van der Waals surface area contributed by atoms with Crippen molar-refractivity contribution in [1.82, 2.24) is 39.1 Å². The van der Waals surface area contributed by atoms with E-state index in [-0.39, 0.29) is 68.6 Å². The number of hydrogen-bond acceptors (Lipinski definition) is 14. The van der Waals surface area contributed by atoms with Gasteiger partial charge in [-0.3, -0.25) is 28.3 Å². The minimum absolute atomic E-state index is 0.00475. The monoisotopic (exact) mass is 920 g/mol. The quantitative estimate of drug-likeness (QED) is 0.168. The Bertz CT molecular complexity index is 3050. The third-order valence-corrected chi connectivity index (χ3v) is 8.45. The second kappa shape index (κ2) is 18.9. The zero-order valence-corrected chi connectivity index (χ0v) is 33.5. The number of nitrogens with one attached hydrogen (secondary N) is 1. The average molecular weight is 922 g/mol. The van der Waals surface area contributed by atoms with E-state index in [1.807, 2.05) is 0 Å². The number of aryl methyl sites for hydroxylation is 1. The molecule has 0 fully saturated rings. The van der Waals surface area contributed by atoms with Crippen LogP contribution < -0.4 is 41.2 Å². The number of benzene rings is 2. The molecule has 63 heavy (non-hydrogen) atoms. The largest absolute Gasteiger partial charge is 0.480 e. The lowest BCUT2D eigenvalue weighted by Gasteiger charge is -2.15. The van der Waals surface area contributed by atoms with E-state index in [9.17, 15) is 45.5 Å². The molecule has 0 aliphatic carbocycles. The molecule has 4 aromatic heterocycles. The van der Waals surface area contributed by atoms with Gasteiger partial charge in [0.05, 0.1) is 63.2 Å². The lowest BCUT2D eigenvalue weighted by molar-refractivity contribution is -0.143. The summed E-state index contributed by atoms with van der Waals surface area (Å²) in [5.41, 5.74) is -6.35. The molecular formula is C37H24Cl2F6N10O8. The molecule has 0 saturated heterocycles. The predicted molar refractivity (Wildman–Crippen MR) is 205 cm³/mol. The third kappa shape index (κ3) is 11.2. The number of methoxy groups -OCH3 is 2. The second-order valence-electron chi connectivity index (χ2n) is 12.4. The van der Waals surface area contributed by atoms with Crippen molar-refractivity contribution in [3.63, 3.8) is 0 Å². The topological polar surface area (TPSA) is 235 Å². The van der Waals surface area contributed by atoms with Crippen molar-refractivity contribution >= 4 is 23.2 Å². The molecule has 0 aliphatic heterocycles. The van der Waals surface area contributed by atoms with E-state index in [0.29, 0.717) is 12.7 Å². The molecule has 0 atom stereocenters. The second-order valence-corrected chi connectivity index (χ2v) is 13.3. The van der Waals surface area contributed by atoms with Gasteiger partial charge in [-0.2, -0.15) is 36.9 Å². The Labute approximate surface area is 357 Å². The van der Waals surface area contributed by atoms with Gasteiger partial charge in [0.2, 0.25) is 23.3 Å². The number of ether oxygens (including phenoxy) is 4. The number of H-pyrrole nitrogens is 1. The molecule has 0 aliphatic rings. The first-order valence-electron chi connectivity index (χ1n) is 17.0. The highest BCUT2D eigenvalue weighted by molar-refractivity contribution is 6.31. The van der Waals surface area contributed by atoms with Crippen LogP contribution in [0.4, 0.5) is 26.3 Å². The fourth-order valence-corrected chi connectivity index (χ4v) is 5.74. The normalized spacial score (nSPS) is 11.1. The Kier molecular flexibility index (Phi) is 13.9. The number of nitriles is 2. The minimum atomic E-state index is -5.01. The summed E-state index contributed by atoms with van der Waals surface area (Å²) in [6.45, 7) is -0.745. The van der Waals surface area contributed by atoms with Crippen molar-refractivity contribution in [3.05, 3.63) is 146 Å². The summed E-state index contributed by atoms with van der Waals surface area (Å²) in [7, 11) is 3.93. The number of aromatic nitrogens is 8. The molecule has 0 saturated carbocycles. The van der Waals surface area contributed by atoms with Crippen molar-refractivity contribution in [2.75, 3.05) is 14.2 Å². The highest BCUT2D eigenvalue weighted by atomic mass is 35.5. The van der Waals surface area contributed by atoms with E-state index in [1.165, 1.54) is 33.4 Å². The first-order valence-corrected chi connectivity index (χ1v) is 17.7. The zero-order valence-electron chi connectivity index (χ0n) is 32.0. The van der Waals surface area contributed by atoms with Gasteiger partial charge < -0.3 is 18.9 Å². The SMILES string of the molecule is COc1n[nH]c(=O)cc1Cn1cnc(C(F)(F)F)c(Oc2cc(Cl)cc(C#N)c2)c1=O.COc1nn(C)c(=O)cc1Cn1cnc(C(F)(F)F)c(Oc2cc(Cl)cc(C#N)c2)c1=O. The van der Waals surface area contributed by atoms with Crippen LogP contribution in [0.5, 0.6) is 34.8 Å². The molecule has 4 heterocycles. The van der Waals surface area contributed by atoms with E-state index in [0.717, 1.165) is 50.2 Å². The molecule has 0 bridgehead atoms. The first kappa shape index (κ1) is 46.4. The minimum Gasteiger partial charge on any atom is -0.480 e. The Morgan fingerprint density at radius 3 is 1.54 bits per heavy atom. The molecule has 2 aromatic carbocycles. The summed E-state index contributed by atoms with van der Waals surface area (Å²) in [5.74, 6) is -2.82. The Balaban J connectivity index is 0.000000238. The van der Waals surface area contributed by atoms with Crippen molar-refractivity contribution in [3.8, 4) is 46.9 Å². The fourth-order valence-electron chi connectivity index (χ4n) is 5.29. The van der Waals surface area contributed by atoms with Crippen LogP contribution in [-0.2, 0) is 32.5 Å². The fraction of sp³-hybridized carbons (Fsp3) is 0.189. The van der Waals surface area contributed by atoms with Gasteiger partial charge in [-0.15, -0.1) is 10.2 Å². The maximum atomic E-state index is 13.5. The van der Waals surface area contributed by atoms with Crippen molar-refractivity contribution < 1.29 is 45.3 Å². The molecule has 0 spiro atoms. The summed E-state index contributed by atoms with van der Waals surface area (Å²) in [5, 5.41) is 27.7. The van der Waals surface area contributed by atoms with E-state index < -0.39 is 57.5 Å². The highest BCUT2D eigenvalue weighted by Gasteiger charge is 2.40. The van der Waals surface area contributed by atoms with E-state index in [1.54, 1.807) is 12.1 Å². The number of rotatable bonds is 10. The van der Waals surface area contributed by atoms with Crippen LogP contribution in [0.2, 0.25) is 10.0 Å². The predicted octanol–water partition coefficient (Wildman–Crippen LogP) is 5.45. The number of alkyl halides is 6. The smallest absolute Gasteiger partial charge is 0.437 e. The van der Waals surface area contributed by atoms with Crippen LogP contribution in [0.3, 0.4) is 0 Å². The number of halogens is 8. The zero-order chi connectivity index (χ0) is 46.4. The Hall–Kier alpha value is -7.70. The van der Waals surface area contributed by atoms with Crippen molar-refractivity contribution in [2.24, 2.45) is 7.05 Å². The van der Waals surface area contributed by atoms with Gasteiger partial charge in [0.15, 0.2) is 11.4 Å².